The van der Waals surface area contributed by atoms with Crippen molar-refractivity contribution in [3.05, 3.63) is 65.0 Å². The number of carbonyl (C=O) groups excluding carboxylic acids is 2. The van der Waals surface area contributed by atoms with Gasteiger partial charge in [-0.15, -0.1) is 0 Å². The number of benzene rings is 2. The Morgan fingerprint density at radius 3 is 2.44 bits per heavy atom. The third kappa shape index (κ3) is 5.56. The summed E-state index contributed by atoms with van der Waals surface area (Å²) in [7, 11) is 0. The molecule has 2 N–H and O–H groups in total. The average molecular weight is 548 g/mol. The second kappa shape index (κ2) is 10.0. The zero-order valence-corrected chi connectivity index (χ0v) is 22.0. The SMILES string of the molecule is CC(C)(C(=O)N1CCC2(CC1)NC(=O)NCC2c1ccc(F)cc1OCC1CC1)c1cccc(C(F)(F)F)c1. The molecule has 6 nitrogen and oxygen atoms in total. The number of urea groups is 1. The number of nitrogens with one attached hydrogen (secondary N) is 2. The van der Waals surface area contributed by atoms with Crippen LogP contribution in [-0.4, -0.2) is 48.6 Å². The molecule has 2 heterocycles. The van der Waals surface area contributed by atoms with Gasteiger partial charge in [0.1, 0.15) is 11.6 Å². The molecule has 3 aliphatic rings. The number of carbonyl (C=O) groups is 2. The van der Waals surface area contributed by atoms with Gasteiger partial charge in [-0.25, -0.2) is 9.18 Å². The molecule has 39 heavy (non-hydrogen) atoms. The molecule has 0 bridgehead atoms. The predicted octanol–water partition coefficient (Wildman–Crippen LogP) is 5.37. The second-order valence-electron chi connectivity index (χ2n) is 11.5. The third-order valence-corrected chi connectivity index (χ3v) is 8.41. The van der Waals surface area contributed by atoms with E-state index in [2.05, 4.69) is 10.6 Å². The summed E-state index contributed by atoms with van der Waals surface area (Å²) in [6.45, 7) is 4.75. The van der Waals surface area contributed by atoms with Crippen LogP contribution in [0.25, 0.3) is 0 Å². The fourth-order valence-corrected chi connectivity index (χ4v) is 5.75. The number of likely N-dealkylation sites (tertiary alicyclic amines) is 1. The van der Waals surface area contributed by atoms with Crippen LogP contribution in [0.2, 0.25) is 0 Å². The van der Waals surface area contributed by atoms with Crippen molar-refractivity contribution in [1.29, 1.82) is 0 Å². The van der Waals surface area contributed by atoms with Gasteiger partial charge in [0.15, 0.2) is 0 Å². The van der Waals surface area contributed by atoms with Gasteiger partial charge in [-0.1, -0.05) is 24.3 Å². The van der Waals surface area contributed by atoms with Crippen molar-refractivity contribution < 1.29 is 31.9 Å². The Labute approximate surface area is 225 Å². The number of rotatable bonds is 6. The quantitative estimate of drug-likeness (QED) is 0.478. The Kier molecular flexibility index (Phi) is 7.01. The first-order chi connectivity index (χ1) is 18.4. The molecule has 210 valence electrons. The second-order valence-corrected chi connectivity index (χ2v) is 11.5. The van der Waals surface area contributed by atoms with Gasteiger partial charge in [-0.3, -0.25) is 4.79 Å². The maximum atomic E-state index is 14.2. The van der Waals surface area contributed by atoms with Gasteiger partial charge in [0.05, 0.1) is 23.1 Å². The summed E-state index contributed by atoms with van der Waals surface area (Å²) >= 11 is 0. The van der Waals surface area contributed by atoms with Crippen LogP contribution in [0.4, 0.5) is 22.4 Å². The summed E-state index contributed by atoms with van der Waals surface area (Å²) in [5.41, 5.74) is -1.57. The smallest absolute Gasteiger partial charge is 0.416 e. The first-order valence-electron chi connectivity index (χ1n) is 13.3. The standard InChI is InChI=1S/C29H33F4N3O3/c1-27(2,19-4-3-5-20(14-19)29(31,32)33)25(37)36-12-10-28(11-13-36)23(16-34-26(38)35-28)22-9-8-21(30)15-24(22)39-17-18-6-7-18/h3-5,8-9,14-15,18,23H,6-7,10-13,16-17H2,1-2H3,(H2,34,35,38). The van der Waals surface area contributed by atoms with Crippen molar-refractivity contribution in [2.45, 2.75) is 62.6 Å². The fraction of sp³-hybridized carbons (Fsp3) is 0.517. The highest BCUT2D eigenvalue weighted by Crippen LogP contribution is 2.43. The average Bonchev–Trinajstić information content (AvgIpc) is 3.72. The molecule has 2 saturated heterocycles. The molecule has 3 fully saturated rings. The summed E-state index contributed by atoms with van der Waals surface area (Å²) in [5, 5.41) is 5.94. The lowest BCUT2D eigenvalue weighted by atomic mass is 9.71. The maximum Gasteiger partial charge on any atom is 0.416 e. The summed E-state index contributed by atoms with van der Waals surface area (Å²) in [6, 6.07) is 9.06. The monoisotopic (exact) mass is 547 g/mol. The first kappa shape index (κ1) is 27.3. The van der Waals surface area contributed by atoms with Crippen molar-refractivity contribution in [3.8, 4) is 5.75 Å². The van der Waals surface area contributed by atoms with E-state index in [1.807, 2.05) is 0 Å². The Balaban J connectivity index is 1.36. The molecule has 2 aliphatic heterocycles. The van der Waals surface area contributed by atoms with Gasteiger partial charge in [0.2, 0.25) is 5.91 Å². The molecule has 1 spiro atoms. The lowest BCUT2D eigenvalue weighted by molar-refractivity contribution is -0.140. The summed E-state index contributed by atoms with van der Waals surface area (Å²) in [4.78, 5) is 27.7. The molecule has 2 aromatic carbocycles. The van der Waals surface area contributed by atoms with Crippen LogP contribution >= 0.6 is 0 Å². The summed E-state index contributed by atoms with van der Waals surface area (Å²) < 4.78 is 60.1. The molecule has 2 aromatic rings. The molecular weight excluding hydrogens is 514 g/mol. The van der Waals surface area contributed by atoms with Crippen molar-refractivity contribution in [2.75, 3.05) is 26.2 Å². The van der Waals surface area contributed by atoms with Gasteiger partial charge < -0.3 is 20.3 Å². The third-order valence-electron chi connectivity index (χ3n) is 8.41. The first-order valence-corrected chi connectivity index (χ1v) is 13.3. The van der Waals surface area contributed by atoms with Crippen LogP contribution in [0.3, 0.4) is 0 Å². The van der Waals surface area contributed by atoms with Crippen molar-refractivity contribution in [2.24, 2.45) is 5.92 Å². The number of halogens is 4. The highest BCUT2D eigenvalue weighted by Gasteiger charge is 2.49. The molecular formula is C29H33F4N3O3. The number of hydrogen-bond donors (Lipinski definition) is 2. The van der Waals surface area contributed by atoms with Crippen molar-refractivity contribution in [1.82, 2.24) is 15.5 Å². The normalized spacial score (nSPS) is 21.3. The molecule has 5 rings (SSSR count). The Morgan fingerprint density at radius 1 is 1.08 bits per heavy atom. The van der Waals surface area contributed by atoms with Crippen LogP contribution < -0.4 is 15.4 Å². The topological polar surface area (TPSA) is 70.7 Å². The molecule has 0 aromatic heterocycles. The Hall–Kier alpha value is -3.30. The molecule has 3 amide bonds. The largest absolute Gasteiger partial charge is 0.493 e. The van der Waals surface area contributed by atoms with E-state index in [9.17, 15) is 27.2 Å². The maximum absolute atomic E-state index is 14.2. The van der Waals surface area contributed by atoms with Gasteiger partial charge in [-0.05, 0) is 63.1 Å². The van der Waals surface area contributed by atoms with Crippen LogP contribution in [-0.2, 0) is 16.4 Å². The van der Waals surface area contributed by atoms with Crippen LogP contribution in [0, 0.1) is 11.7 Å². The number of hydrogen-bond acceptors (Lipinski definition) is 3. The Morgan fingerprint density at radius 2 is 1.77 bits per heavy atom. The molecule has 1 aliphatic carbocycles. The molecule has 0 radical (unpaired) electrons. The number of nitrogens with zero attached hydrogens (tertiary/aromatic N) is 1. The minimum absolute atomic E-state index is 0.223. The van der Waals surface area contributed by atoms with E-state index in [4.69, 9.17) is 4.74 Å². The zero-order chi connectivity index (χ0) is 28.0. The van der Waals surface area contributed by atoms with E-state index >= 15 is 0 Å². The fourth-order valence-electron chi connectivity index (χ4n) is 5.75. The highest BCUT2D eigenvalue weighted by molar-refractivity contribution is 5.87. The van der Waals surface area contributed by atoms with Crippen LogP contribution in [0.15, 0.2) is 42.5 Å². The summed E-state index contributed by atoms with van der Waals surface area (Å²) in [5.74, 6) is 0.0493. The molecule has 10 heteroatoms. The van der Waals surface area contributed by atoms with Gasteiger partial charge >= 0.3 is 12.2 Å². The lowest BCUT2D eigenvalue weighted by Gasteiger charge is -2.50. The van der Waals surface area contributed by atoms with E-state index in [0.29, 0.717) is 56.3 Å². The minimum Gasteiger partial charge on any atom is -0.493 e. The molecule has 1 saturated carbocycles. The van der Waals surface area contributed by atoms with Crippen LogP contribution in [0.1, 0.15) is 62.1 Å². The molecule has 1 unspecified atom stereocenters. The minimum atomic E-state index is -4.50. The zero-order valence-electron chi connectivity index (χ0n) is 22.0. The number of amides is 3. The van der Waals surface area contributed by atoms with E-state index in [-0.39, 0.29) is 17.9 Å². The summed E-state index contributed by atoms with van der Waals surface area (Å²) in [6.07, 6.45) is -1.44. The number of piperidine rings is 1. The molecule has 1 atom stereocenters. The number of alkyl halides is 3. The van der Waals surface area contributed by atoms with Crippen LogP contribution in [0.5, 0.6) is 5.75 Å². The van der Waals surface area contributed by atoms with Crippen molar-refractivity contribution in [3.63, 3.8) is 0 Å². The predicted molar refractivity (Wildman–Crippen MR) is 137 cm³/mol. The van der Waals surface area contributed by atoms with E-state index < -0.39 is 28.5 Å². The van der Waals surface area contributed by atoms with E-state index in [0.717, 1.165) is 30.5 Å². The van der Waals surface area contributed by atoms with E-state index in [1.54, 1.807) is 30.9 Å². The van der Waals surface area contributed by atoms with Gasteiger partial charge in [0.25, 0.3) is 0 Å². The van der Waals surface area contributed by atoms with Crippen molar-refractivity contribution >= 4 is 11.9 Å². The van der Waals surface area contributed by atoms with Gasteiger partial charge in [-0.2, -0.15) is 13.2 Å². The number of ether oxygens (including phenoxy) is 1. The lowest BCUT2D eigenvalue weighted by Crippen LogP contribution is -2.66. The van der Waals surface area contributed by atoms with E-state index in [1.165, 1.54) is 18.2 Å². The Bertz CT molecular complexity index is 1250. The van der Waals surface area contributed by atoms with Gasteiger partial charge in [0, 0.05) is 37.2 Å². The highest BCUT2D eigenvalue weighted by atomic mass is 19.4.